The minimum absolute atomic E-state index is 0.250. The van der Waals surface area contributed by atoms with Gasteiger partial charge in [0.05, 0.1) is 0 Å². The van der Waals surface area contributed by atoms with Gasteiger partial charge in [0.15, 0.2) is 11.6 Å². The number of pyridine rings is 1. The number of hydrogen-bond donors (Lipinski definition) is 0. The molecule has 1 aromatic carbocycles. The third kappa shape index (κ3) is 5.73. The van der Waals surface area contributed by atoms with Crippen molar-refractivity contribution in [3.05, 3.63) is 48.0 Å². The molecule has 1 heterocycles. The Bertz CT molecular complexity index is 743. The van der Waals surface area contributed by atoms with Crippen molar-refractivity contribution >= 4 is 6.47 Å². The molecule has 0 saturated heterocycles. The lowest BCUT2D eigenvalue weighted by molar-refractivity contribution is -0.133. The molecule has 1 unspecified atom stereocenters. The van der Waals surface area contributed by atoms with Crippen LogP contribution >= 0.6 is 0 Å². The highest BCUT2D eigenvalue weighted by atomic mass is 19.3. The van der Waals surface area contributed by atoms with Gasteiger partial charge >= 0.3 is 6.61 Å². The molecule has 8 heteroatoms. The second-order valence-electron chi connectivity index (χ2n) is 5.85. The van der Waals surface area contributed by atoms with Crippen LogP contribution in [0.15, 0.2) is 36.7 Å². The quantitative estimate of drug-likeness (QED) is 0.635. The van der Waals surface area contributed by atoms with E-state index in [0.717, 1.165) is 11.6 Å². The van der Waals surface area contributed by atoms with E-state index in [1.165, 1.54) is 12.1 Å². The molecular weight excluding hydrogens is 349 g/mol. The minimum atomic E-state index is -3.10. The highest BCUT2D eigenvalue weighted by Crippen LogP contribution is 2.27. The first-order valence-corrected chi connectivity index (χ1v) is 7.85. The molecule has 1 atom stereocenters. The first kappa shape index (κ1) is 19.7. The van der Waals surface area contributed by atoms with Gasteiger partial charge < -0.3 is 9.47 Å². The Morgan fingerprint density at radius 3 is 2.69 bits per heavy atom. The summed E-state index contributed by atoms with van der Waals surface area (Å²) in [6.45, 7) is 0.158. The Balaban J connectivity index is 2.15. The van der Waals surface area contributed by atoms with Crippen LogP contribution in [0.5, 0.6) is 5.75 Å². The van der Waals surface area contributed by atoms with Crippen LogP contribution in [0.3, 0.4) is 0 Å². The molecule has 0 N–H and O–H groups in total. The smallest absolute Gasteiger partial charge is 0.387 e. The van der Waals surface area contributed by atoms with Crippen molar-refractivity contribution in [2.45, 2.75) is 26.2 Å². The lowest BCUT2D eigenvalue weighted by atomic mass is 10.1. The average Bonchev–Trinajstić information content (AvgIpc) is 2.56. The molecule has 0 aliphatic carbocycles. The van der Waals surface area contributed by atoms with Gasteiger partial charge in [-0.1, -0.05) is 6.07 Å². The van der Waals surface area contributed by atoms with Gasteiger partial charge in [0.1, 0.15) is 6.10 Å². The van der Waals surface area contributed by atoms with Gasteiger partial charge in [0.2, 0.25) is 0 Å². The van der Waals surface area contributed by atoms with Gasteiger partial charge in [-0.25, -0.2) is 4.39 Å². The highest BCUT2D eigenvalue weighted by molar-refractivity contribution is 5.65. The molecule has 0 aliphatic heterocycles. The number of hydrogen-bond acceptors (Lipinski definition) is 5. The number of carbonyl (C=O) groups excluding carboxylic acids is 1. The Kier molecular flexibility index (Phi) is 6.97. The van der Waals surface area contributed by atoms with Crippen molar-refractivity contribution in [1.29, 1.82) is 0 Å². The average molecular weight is 368 g/mol. The van der Waals surface area contributed by atoms with Crippen molar-refractivity contribution in [3.63, 3.8) is 0 Å². The predicted octanol–water partition coefficient (Wildman–Crippen LogP) is 3.48. The predicted molar refractivity (Wildman–Crippen MR) is 89.2 cm³/mol. The fourth-order valence-electron chi connectivity index (χ4n) is 2.55. The van der Waals surface area contributed by atoms with E-state index in [1.54, 1.807) is 19.3 Å². The van der Waals surface area contributed by atoms with E-state index in [9.17, 15) is 18.0 Å². The largest absolute Gasteiger partial charge is 0.464 e. The molecule has 140 valence electrons. The third-order valence-electron chi connectivity index (χ3n) is 3.58. The standard InChI is InChI=1S/C18H19F3N2O3/c1-12(25-11-24)9-23(2)10-13-5-15(8-22-7-13)14-3-4-16(19)17(6-14)26-18(20)21/h3-8,11-12,18H,9-10H2,1-2H3. The molecule has 0 saturated carbocycles. The molecule has 0 bridgehead atoms. The number of rotatable bonds is 9. The van der Waals surface area contributed by atoms with Gasteiger partial charge in [-0.2, -0.15) is 8.78 Å². The monoisotopic (exact) mass is 368 g/mol. The Morgan fingerprint density at radius 1 is 1.23 bits per heavy atom. The fourth-order valence-corrected chi connectivity index (χ4v) is 2.55. The van der Waals surface area contributed by atoms with Gasteiger partial charge in [-0.05, 0) is 43.3 Å². The molecule has 2 rings (SSSR count). The van der Waals surface area contributed by atoms with Crippen LogP contribution in [-0.4, -0.2) is 42.7 Å². The molecule has 0 radical (unpaired) electrons. The van der Waals surface area contributed by atoms with Crippen LogP contribution in [0.2, 0.25) is 0 Å². The summed E-state index contributed by atoms with van der Waals surface area (Å²) in [5, 5.41) is 0. The molecule has 1 aromatic heterocycles. The van der Waals surface area contributed by atoms with E-state index in [2.05, 4.69) is 9.72 Å². The Morgan fingerprint density at radius 2 is 2.00 bits per heavy atom. The number of likely N-dealkylation sites (N-methyl/N-ethyl adjacent to an activating group) is 1. The van der Waals surface area contributed by atoms with Crippen molar-refractivity contribution in [3.8, 4) is 16.9 Å². The Hall–Kier alpha value is -2.61. The Labute approximate surface area is 149 Å². The lowest BCUT2D eigenvalue weighted by Crippen LogP contribution is -2.28. The van der Waals surface area contributed by atoms with E-state index in [4.69, 9.17) is 4.74 Å². The summed E-state index contributed by atoms with van der Waals surface area (Å²) in [6, 6.07) is 5.59. The number of ether oxygens (including phenoxy) is 2. The zero-order chi connectivity index (χ0) is 19.1. The summed E-state index contributed by atoms with van der Waals surface area (Å²) in [5.41, 5.74) is 2.02. The zero-order valence-electron chi connectivity index (χ0n) is 14.4. The van der Waals surface area contributed by atoms with Gasteiger partial charge in [-0.3, -0.25) is 14.7 Å². The number of aromatic nitrogens is 1. The maximum absolute atomic E-state index is 13.6. The van der Waals surface area contributed by atoms with Crippen LogP contribution < -0.4 is 4.74 Å². The van der Waals surface area contributed by atoms with E-state index >= 15 is 0 Å². The number of nitrogens with zero attached hydrogens (tertiary/aromatic N) is 2. The lowest BCUT2D eigenvalue weighted by Gasteiger charge is -2.20. The van der Waals surface area contributed by atoms with E-state index in [1.807, 2.05) is 18.0 Å². The summed E-state index contributed by atoms with van der Waals surface area (Å²) in [6.07, 6.45) is 2.98. The van der Waals surface area contributed by atoms with Crippen LogP contribution in [0.4, 0.5) is 13.2 Å². The first-order valence-electron chi connectivity index (χ1n) is 7.85. The summed E-state index contributed by atoms with van der Waals surface area (Å²) in [4.78, 5) is 16.4. The van der Waals surface area contributed by atoms with Crippen LogP contribution in [0.25, 0.3) is 11.1 Å². The fraction of sp³-hybridized carbons (Fsp3) is 0.333. The summed E-state index contributed by atoms with van der Waals surface area (Å²) in [7, 11) is 1.86. The van der Waals surface area contributed by atoms with Crippen molar-refractivity contribution in [1.82, 2.24) is 9.88 Å². The van der Waals surface area contributed by atoms with Crippen molar-refractivity contribution in [2.24, 2.45) is 0 Å². The van der Waals surface area contributed by atoms with E-state index in [0.29, 0.717) is 30.7 Å². The van der Waals surface area contributed by atoms with Gasteiger partial charge in [0, 0.05) is 31.0 Å². The molecule has 0 spiro atoms. The molecule has 0 aliphatic rings. The maximum atomic E-state index is 13.6. The minimum Gasteiger partial charge on any atom is -0.464 e. The van der Waals surface area contributed by atoms with E-state index < -0.39 is 18.2 Å². The first-order chi connectivity index (χ1) is 12.4. The highest BCUT2D eigenvalue weighted by Gasteiger charge is 2.12. The topological polar surface area (TPSA) is 51.7 Å². The number of alkyl halides is 2. The number of carbonyl (C=O) groups is 1. The number of benzene rings is 1. The maximum Gasteiger partial charge on any atom is 0.387 e. The second-order valence-corrected chi connectivity index (χ2v) is 5.85. The molecule has 0 amide bonds. The SMILES string of the molecule is CC(CN(C)Cc1cncc(-c2ccc(F)c(OC(F)F)c2)c1)OC=O. The summed E-state index contributed by atoms with van der Waals surface area (Å²) in [5.74, 6) is -1.37. The molecular formula is C18H19F3N2O3. The molecule has 0 fully saturated rings. The number of halogens is 3. The van der Waals surface area contributed by atoms with Crippen LogP contribution in [-0.2, 0) is 16.1 Å². The van der Waals surface area contributed by atoms with E-state index in [-0.39, 0.29) is 6.10 Å². The summed E-state index contributed by atoms with van der Waals surface area (Å²) >= 11 is 0. The summed E-state index contributed by atoms with van der Waals surface area (Å²) < 4.78 is 47.3. The van der Waals surface area contributed by atoms with Crippen LogP contribution in [0.1, 0.15) is 12.5 Å². The van der Waals surface area contributed by atoms with Gasteiger partial charge in [0.25, 0.3) is 6.47 Å². The third-order valence-corrected chi connectivity index (χ3v) is 3.58. The van der Waals surface area contributed by atoms with Crippen molar-refractivity contribution in [2.75, 3.05) is 13.6 Å². The molecule has 2 aromatic rings. The normalized spacial score (nSPS) is 12.3. The zero-order valence-corrected chi connectivity index (χ0v) is 14.4. The van der Waals surface area contributed by atoms with Crippen LogP contribution in [0, 0.1) is 5.82 Å². The van der Waals surface area contributed by atoms with Crippen molar-refractivity contribution < 1.29 is 27.4 Å². The molecule has 26 heavy (non-hydrogen) atoms. The molecule has 5 nitrogen and oxygen atoms in total. The second kappa shape index (κ2) is 9.19. The van der Waals surface area contributed by atoms with Gasteiger partial charge in [-0.15, -0.1) is 0 Å².